The van der Waals surface area contributed by atoms with Crippen molar-refractivity contribution in [3.63, 3.8) is 0 Å². The number of imide groups is 1. The summed E-state index contributed by atoms with van der Waals surface area (Å²) in [5.74, 6) is -0.927. The lowest BCUT2D eigenvalue weighted by atomic mass is 9.85. The number of hydrogen-bond donors (Lipinski definition) is 2. The molecule has 25 heavy (non-hydrogen) atoms. The van der Waals surface area contributed by atoms with Gasteiger partial charge in [-0.15, -0.1) is 0 Å². The van der Waals surface area contributed by atoms with Gasteiger partial charge in [-0.05, 0) is 25.0 Å². The lowest BCUT2D eigenvalue weighted by molar-refractivity contribution is -0.878. The van der Waals surface area contributed by atoms with Crippen LogP contribution in [0, 0.1) is 11.8 Å². The van der Waals surface area contributed by atoms with Crippen LogP contribution in [0.2, 0.25) is 5.02 Å². The normalized spacial score (nSPS) is 23.5. The number of nitrogens with zero attached hydrogens (tertiary/aromatic N) is 1. The van der Waals surface area contributed by atoms with Crippen molar-refractivity contribution in [3.05, 3.63) is 41.4 Å². The minimum atomic E-state index is -0.234. The minimum Gasteiger partial charge on any atom is -0.320 e. The van der Waals surface area contributed by atoms with Crippen LogP contribution in [0.3, 0.4) is 0 Å². The van der Waals surface area contributed by atoms with Crippen molar-refractivity contribution in [1.82, 2.24) is 4.90 Å². The van der Waals surface area contributed by atoms with E-state index < -0.39 is 0 Å². The van der Waals surface area contributed by atoms with Gasteiger partial charge >= 0.3 is 0 Å². The fraction of sp³-hybridized carbons (Fsp3) is 0.389. The van der Waals surface area contributed by atoms with E-state index in [0.29, 0.717) is 23.6 Å². The van der Waals surface area contributed by atoms with Gasteiger partial charge in [0.05, 0.1) is 29.6 Å². The quantitative estimate of drug-likeness (QED) is 0.598. The van der Waals surface area contributed by atoms with Gasteiger partial charge < -0.3 is 10.2 Å². The van der Waals surface area contributed by atoms with Crippen molar-refractivity contribution in [2.75, 3.05) is 25.6 Å². The molecular formula is C18H21ClN3O3+. The molecule has 1 saturated heterocycles. The zero-order chi connectivity index (χ0) is 18.0. The molecule has 6 nitrogen and oxygen atoms in total. The summed E-state index contributed by atoms with van der Waals surface area (Å²) in [5, 5.41) is 3.22. The fourth-order valence-electron chi connectivity index (χ4n) is 3.38. The smallest absolute Gasteiger partial charge is 0.279 e. The number of carbonyl (C=O) groups is 3. The molecule has 1 aromatic carbocycles. The number of amides is 3. The second-order valence-electron chi connectivity index (χ2n) is 6.58. The third-order valence-corrected chi connectivity index (χ3v) is 4.97. The first-order valence-corrected chi connectivity index (χ1v) is 8.71. The molecule has 3 amide bonds. The third kappa shape index (κ3) is 3.75. The van der Waals surface area contributed by atoms with Crippen molar-refractivity contribution in [1.29, 1.82) is 0 Å². The summed E-state index contributed by atoms with van der Waals surface area (Å²) < 4.78 is 0. The molecule has 0 aromatic heterocycles. The number of quaternary nitrogens is 1. The highest BCUT2D eigenvalue weighted by atomic mass is 35.5. The number of nitrogens with one attached hydrogen (secondary N) is 2. The number of para-hydroxylation sites is 1. The number of anilines is 1. The Morgan fingerprint density at radius 1 is 1.20 bits per heavy atom. The van der Waals surface area contributed by atoms with Gasteiger partial charge in [0.15, 0.2) is 13.2 Å². The number of carbonyl (C=O) groups excluding carboxylic acids is 3. The Labute approximate surface area is 151 Å². The summed E-state index contributed by atoms with van der Waals surface area (Å²) >= 11 is 6.03. The van der Waals surface area contributed by atoms with E-state index in [4.69, 9.17) is 11.6 Å². The van der Waals surface area contributed by atoms with E-state index in [1.54, 1.807) is 31.3 Å². The molecule has 132 valence electrons. The van der Waals surface area contributed by atoms with Crippen LogP contribution in [0.15, 0.2) is 36.4 Å². The van der Waals surface area contributed by atoms with E-state index in [0.717, 1.165) is 4.90 Å². The van der Waals surface area contributed by atoms with Crippen LogP contribution in [0.25, 0.3) is 0 Å². The molecule has 1 aliphatic heterocycles. The summed E-state index contributed by atoms with van der Waals surface area (Å²) in [6, 6.07) is 7.00. The largest absolute Gasteiger partial charge is 0.320 e. The second kappa shape index (κ2) is 7.37. The van der Waals surface area contributed by atoms with Gasteiger partial charge in [-0.3, -0.25) is 14.4 Å². The van der Waals surface area contributed by atoms with E-state index in [9.17, 15) is 14.4 Å². The molecule has 1 aliphatic carbocycles. The Kier molecular flexibility index (Phi) is 5.20. The molecular weight excluding hydrogens is 342 g/mol. The number of likely N-dealkylation sites (tertiary alicyclic amines) is 1. The van der Waals surface area contributed by atoms with Gasteiger partial charge in [-0.25, -0.2) is 4.90 Å². The molecule has 0 spiro atoms. The summed E-state index contributed by atoms with van der Waals surface area (Å²) in [6.07, 6.45) is 5.17. The second-order valence-corrected chi connectivity index (χ2v) is 6.99. The molecule has 2 aliphatic rings. The van der Waals surface area contributed by atoms with Gasteiger partial charge in [0.1, 0.15) is 0 Å². The first-order chi connectivity index (χ1) is 12.0. The fourth-order valence-corrected chi connectivity index (χ4v) is 3.56. The molecule has 1 fully saturated rings. The third-order valence-electron chi connectivity index (χ3n) is 4.64. The average Bonchev–Trinajstić information content (AvgIpc) is 2.82. The Morgan fingerprint density at radius 3 is 2.40 bits per heavy atom. The molecule has 0 bridgehead atoms. The van der Waals surface area contributed by atoms with Gasteiger partial charge in [0.25, 0.3) is 5.91 Å². The lowest BCUT2D eigenvalue weighted by Crippen LogP contribution is -3.11. The van der Waals surface area contributed by atoms with Crippen molar-refractivity contribution in [2.24, 2.45) is 11.8 Å². The Balaban J connectivity index is 1.56. The zero-order valence-corrected chi connectivity index (χ0v) is 14.8. The summed E-state index contributed by atoms with van der Waals surface area (Å²) in [7, 11) is 1.78. The molecule has 1 heterocycles. The van der Waals surface area contributed by atoms with Crippen LogP contribution in [-0.2, 0) is 14.4 Å². The molecule has 1 unspecified atom stereocenters. The van der Waals surface area contributed by atoms with E-state index in [-0.39, 0.29) is 42.8 Å². The topological polar surface area (TPSA) is 70.9 Å². The van der Waals surface area contributed by atoms with Crippen molar-refractivity contribution in [3.8, 4) is 0 Å². The molecule has 1 aromatic rings. The van der Waals surface area contributed by atoms with Crippen LogP contribution < -0.4 is 10.2 Å². The molecule has 3 rings (SSSR count). The summed E-state index contributed by atoms with van der Waals surface area (Å²) in [4.78, 5) is 39.1. The van der Waals surface area contributed by atoms with Gasteiger partial charge in [-0.1, -0.05) is 35.9 Å². The minimum absolute atomic E-state index is 0.120. The number of hydrogen-bond acceptors (Lipinski definition) is 3. The lowest BCUT2D eigenvalue weighted by Gasteiger charge is -2.20. The van der Waals surface area contributed by atoms with Crippen LogP contribution in [0.1, 0.15) is 12.8 Å². The maximum absolute atomic E-state index is 12.4. The number of rotatable bonds is 5. The molecule has 3 atom stereocenters. The highest BCUT2D eigenvalue weighted by Crippen LogP contribution is 2.34. The van der Waals surface area contributed by atoms with Gasteiger partial charge in [0.2, 0.25) is 11.8 Å². The summed E-state index contributed by atoms with van der Waals surface area (Å²) in [5.41, 5.74) is 0.549. The Hall–Kier alpha value is -2.18. The maximum atomic E-state index is 12.4. The van der Waals surface area contributed by atoms with E-state index in [1.165, 1.54) is 4.90 Å². The number of likely N-dealkylation sites (N-methyl/N-ethyl adjacent to an activating group) is 1. The van der Waals surface area contributed by atoms with Gasteiger partial charge in [0, 0.05) is 0 Å². The predicted octanol–water partition coefficient (Wildman–Crippen LogP) is 0.702. The molecule has 2 N–H and O–H groups in total. The molecule has 0 saturated carbocycles. The van der Waals surface area contributed by atoms with E-state index >= 15 is 0 Å². The number of halogens is 1. The molecule has 7 heteroatoms. The standard InChI is InChI=1S/C18H20ClN3O3/c1-21(10-16(23)20-15-9-5-4-8-14(15)19)11-22-17(24)12-6-2-3-7-13(12)18(22)25/h2-5,8-9,12-13H,6-7,10-11H2,1H3,(H,20,23)/p+1/t12-,13+. The first kappa shape index (κ1) is 17.6. The monoisotopic (exact) mass is 362 g/mol. The van der Waals surface area contributed by atoms with Crippen molar-refractivity contribution >= 4 is 35.0 Å². The van der Waals surface area contributed by atoms with Gasteiger partial charge in [-0.2, -0.15) is 0 Å². The van der Waals surface area contributed by atoms with E-state index in [1.807, 2.05) is 12.2 Å². The summed E-state index contributed by atoms with van der Waals surface area (Å²) in [6.45, 7) is 0.330. The van der Waals surface area contributed by atoms with Crippen LogP contribution in [0.5, 0.6) is 0 Å². The first-order valence-electron chi connectivity index (χ1n) is 8.33. The average molecular weight is 363 g/mol. The van der Waals surface area contributed by atoms with Crippen LogP contribution in [0.4, 0.5) is 5.69 Å². The predicted molar refractivity (Wildman–Crippen MR) is 93.9 cm³/mol. The van der Waals surface area contributed by atoms with Crippen molar-refractivity contribution < 1.29 is 19.3 Å². The zero-order valence-electron chi connectivity index (χ0n) is 14.0. The number of benzene rings is 1. The van der Waals surface area contributed by atoms with E-state index in [2.05, 4.69) is 5.32 Å². The number of allylic oxidation sites excluding steroid dienone is 2. The van der Waals surface area contributed by atoms with Crippen molar-refractivity contribution in [2.45, 2.75) is 12.8 Å². The highest BCUT2D eigenvalue weighted by molar-refractivity contribution is 6.33. The maximum Gasteiger partial charge on any atom is 0.279 e. The Morgan fingerprint density at radius 2 is 1.80 bits per heavy atom. The van der Waals surface area contributed by atoms with Crippen LogP contribution >= 0.6 is 11.6 Å². The van der Waals surface area contributed by atoms with Crippen LogP contribution in [-0.4, -0.2) is 42.9 Å². The highest BCUT2D eigenvalue weighted by Gasteiger charge is 2.48. The number of fused-ring (bicyclic) bond motifs is 1. The Bertz CT molecular complexity index is 708. The SMILES string of the molecule is C[NH+](CC(=O)Nc1ccccc1Cl)CN1C(=O)[C@H]2CC=CC[C@H]2C1=O. The molecule has 0 radical (unpaired) electrons.